The van der Waals surface area contributed by atoms with Crippen LogP contribution in [0.15, 0.2) is 97.1 Å². The highest BCUT2D eigenvalue weighted by molar-refractivity contribution is 5.89. The molecular weight excluding hydrogens is 538 g/mol. The third-order valence-electron chi connectivity index (χ3n) is 7.65. The topological polar surface area (TPSA) is 57.2 Å². The van der Waals surface area contributed by atoms with Crippen LogP contribution in [0.5, 0.6) is 17.2 Å². The molecule has 1 heterocycles. The number of carbonyl (C=O) groups is 1. The van der Waals surface area contributed by atoms with E-state index < -0.39 is 11.7 Å². The van der Waals surface area contributed by atoms with Crippen molar-refractivity contribution in [1.82, 2.24) is 0 Å². The normalized spacial score (nSPS) is 15.3. The predicted octanol–water partition coefficient (Wildman–Crippen LogP) is 8.54. The molecule has 1 aliphatic heterocycles. The number of anilines is 1. The number of ether oxygens (including phenoxy) is 4. The first kappa shape index (κ1) is 29.8. The minimum absolute atomic E-state index is 0.150. The van der Waals surface area contributed by atoms with Crippen LogP contribution in [0.25, 0.3) is 6.08 Å². The molecule has 6 nitrogen and oxygen atoms in total. The summed E-state index contributed by atoms with van der Waals surface area (Å²) in [5, 5.41) is 0. The lowest BCUT2D eigenvalue weighted by atomic mass is 9.92. The van der Waals surface area contributed by atoms with Crippen LogP contribution in [0.1, 0.15) is 48.1 Å². The minimum atomic E-state index is -0.429. The van der Waals surface area contributed by atoms with Crippen LogP contribution in [0.4, 0.5) is 10.5 Å². The maximum atomic E-state index is 13.7. The molecule has 0 saturated carbocycles. The van der Waals surface area contributed by atoms with E-state index in [0.29, 0.717) is 13.2 Å². The largest absolute Gasteiger partial charge is 0.497 e. The first-order valence-corrected chi connectivity index (χ1v) is 14.7. The Morgan fingerprint density at radius 2 is 1.58 bits per heavy atom. The molecule has 0 aliphatic carbocycles. The van der Waals surface area contributed by atoms with Crippen molar-refractivity contribution in [2.45, 2.75) is 52.4 Å². The highest BCUT2D eigenvalue weighted by Crippen LogP contribution is 2.38. The average Bonchev–Trinajstić information content (AvgIpc) is 3.03. The third kappa shape index (κ3) is 7.58. The maximum absolute atomic E-state index is 13.7. The number of rotatable bonds is 11. The molecule has 43 heavy (non-hydrogen) atoms. The van der Waals surface area contributed by atoms with E-state index in [1.165, 1.54) is 5.56 Å². The number of carbonyl (C=O) groups excluding carboxylic acids is 1. The van der Waals surface area contributed by atoms with Gasteiger partial charge in [0.2, 0.25) is 0 Å². The van der Waals surface area contributed by atoms with Gasteiger partial charge >= 0.3 is 6.09 Å². The summed E-state index contributed by atoms with van der Waals surface area (Å²) in [5.41, 5.74) is 5.33. The van der Waals surface area contributed by atoms with Gasteiger partial charge in [0.25, 0.3) is 0 Å². The standard InChI is InChI=1S/C37H39NO5/c1-5-41-33-17-13-30(14-18-33)26-42-36(39)38(25-29-11-15-32(40-4)16-12-29)34-24-31-20-22-37(3,43-35(31)23-27(34)2)21-19-28-9-7-6-8-10-28/h6-18,20,22-24H,5,19,21,25-26H2,1-4H3. The molecule has 222 valence electrons. The molecule has 1 amide bonds. The van der Waals surface area contributed by atoms with Crippen molar-refractivity contribution in [3.63, 3.8) is 0 Å². The van der Waals surface area contributed by atoms with Gasteiger partial charge in [-0.2, -0.15) is 0 Å². The molecule has 1 atom stereocenters. The summed E-state index contributed by atoms with van der Waals surface area (Å²) in [6, 6.07) is 29.8. The van der Waals surface area contributed by atoms with Gasteiger partial charge in [0.1, 0.15) is 29.5 Å². The fourth-order valence-electron chi connectivity index (χ4n) is 5.15. The zero-order chi connectivity index (χ0) is 30.2. The van der Waals surface area contributed by atoms with Gasteiger partial charge in [-0.25, -0.2) is 4.79 Å². The Balaban J connectivity index is 1.37. The van der Waals surface area contributed by atoms with Crippen LogP contribution in [0, 0.1) is 6.92 Å². The number of fused-ring (bicyclic) bond motifs is 1. The van der Waals surface area contributed by atoms with E-state index in [2.05, 4.69) is 43.3 Å². The summed E-state index contributed by atoms with van der Waals surface area (Å²) in [7, 11) is 1.64. The second-order valence-electron chi connectivity index (χ2n) is 11.0. The van der Waals surface area contributed by atoms with Gasteiger partial charge in [-0.05, 0) is 98.3 Å². The molecule has 4 aromatic carbocycles. The van der Waals surface area contributed by atoms with Crippen molar-refractivity contribution in [2.24, 2.45) is 0 Å². The molecule has 0 N–H and O–H groups in total. The second kappa shape index (κ2) is 13.5. The maximum Gasteiger partial charge on any atom is 0.414 e. The van der Waals surface area contributed by atoms with Gasteiger partial charge in [-0.1, -0.05) is 60.7 Å². The van der Waals surface area contributed by atoms with E-state index in [0.717, 1.165) is 58.0 Å². The van der Waals surface area contributed by atoms with E-state index in [-0.39, 0.29) is 6.61 Å². The lowest BCUT2D eigenvalue weighted by Gasteiger charge is -2.33. The van der Waals surface area contributed by atoms with Crippen molar-refractivity contribution in [2.75, 3.05) is 18.6 Å². The number of nitrogens with zero attached hydrogens (tertiary/aromatic N) is 1. The van der Waals surface area contributed by atoms with Gasteiger partial charge in [-0.15, -0.1) is 0 Å². The molecule has 0 bridgehead atoms. The van der Waals surface area contributed by atoms with Gasteiger partial charge < -0.3 is 18.9 Å². The molecule has 1 aliphatic rings. The number of methoxy groups -OCH3 is 1. The van der Waals surface area contributed by atoms with Crippen molar-refractivity contribution in [3.8, 4) is 17.2 Å². The molecule has 0 fully saturated rings. The summed E-state index contributed by atoms with van der Waals surface area (Å²) >= 11 is 0. The Hall–Kier alpha value is -4.71. The van der Waals surface area contributed by atoms with Crippen LogP contribution >= 0.6 is 0 Å². The SMILES string of the molecule is CCOc1ccc(COC(=O)N(Cc2ccc(OC)cc2)c2cc3c(cc2C)OC(C)(CCc2ccccc2)C=C3)cc1. The third-order valence-corrected chi connectivity index (χ3v) is 7.65. The number of amides is 1. The molecular formula is C37H39NO5. The molecule has 0 aromatic heterocycles. The zero-order valence-corrected chi connectivity index (χ0v) is 25.3. The van der Waals surface area contributed by atoms with E-state index in [1.54, 1.807) is 12.0 Å². The summed E-state index contributed by atoms with van der Waals surface area (Å²) in [6.07, 6.45) is 5.57. The smallest absolute Gasteiger partial charge is 0.414 e. The van der Waals surface area contributed by atoms with E-state index in [1.807, 2.05) is 80.6 Å². The monoisotopic (exact) mass is 577 g/mol. The summed E-state index contributed by atoms with van der Waals surface area (Å²) in [5.74, 6) is 2.36. The summed E-state index contributed by atoms with van der Waals surface area (Å²) < 4.78 is 23.2. The molecule has 0 spiro atoms. The zero-order valence-electron chi connectivity index (χ0n) is 25.3. The van der Waals surface area contributed by atoms with Crippen molar-refractivity contribution in [1.29, 1.82) is 0 Å². The van der Waals surface area contributed by atoms with Crippen LogP contribution < -0.4 is 19.1 Å². The summed E-state index contributed by atoms with van der Waals surface area (Å²) in [6.45, 7) is 7.15. The van der Waals surface area contributed by atoms with Crippen molar-refractivity contribution >= 4 is 17.9 Å². The fraction of sp³-hybridized carbons (Fsp3) is 0.270. The van der Waals surface area contributed by atoms with Crippen LogP contribution in [0.3, 0.4) is 0 Å². The Labute approximate surface area is 254 Å². The predicted molar refractivity (Wildman–Crippen MR) is 171 cm³/mol. The molecule has 0 saturated heterocycles. The molecule has 1 unspecified atom stereocenters. The Kier molecular flexibility index (Phi) is 9.35. The van der Waals surface area contributed by atoms with Gasteiger partial charge in [0.15, 0.2) is 0 Å². The summed E-state index contributed by atoms with van der Waals surface area (Å²) in [4.78, 5) is 15.3. The molecule has 6 heteroatoms. The van der Waals surface area contributed by atoms with Crippen LogP contribution in [-0.2, 0) is 24.3 Å². The second-order valence-corrected chi connectivity index (χ2v) is 11.0. The van der Waals surface area contributed by atoms with E-state index >= 15 is 0 Å². The molecule has 4 aromatic rings. The number of benzene rings is 4. The van der Waals surface area contributed by atoms with E-state index in [9.17, 15) is 4.79 Å². The quantitative estimate of drug-likeness (QED) is 0.179. The average molecular weight is 578 g/mol. The lowest BCUT2D eigenvalue weighted by molar-refractivity contribution is 0.128. The van der Waals surface area contributed by atoms with Gasteiger partial charge in [0.05, 0.1) is 25.9 Å². The van der Waals surface area contributed by atoms with Gasteiger partial charge in [-0.3, -0.25) is 4.90 Å². The van der Waals surface area contributed by atoms with Crippen molar-refractivity contribution in [3.05, 3.63) is 125 Å². The number of hydrogen-bond donors (Lipinski definition) is 0. The Morgan fingerprint density at radius 1 is 0.884 bits per heavy atom. The molecule has 5 rings (SSSR count). The first-order chi connectivity index (χ1) is 20.9. The van der Waals surface area contributed by atoms with Crippen molar-refractivity contribution < 1.29 is 23.7 Å². The highest BCUT2D eigenvalue weighted by Gasteiger charge is 2.29. The Morgan fingerprint density at radius 3 is 2.28 bits per heavy atom. The first-order valence-electron chi connectivity index (χ1n) is 14.7. The Bertz CT molecular complexity index is 1550. The van der Waals surface area contributed by atoms with E-state index in [4.69, 9.17) is 18.9 Å². The van der Waals surface area contributed by atoms with Crippen LogP contribution in [-0.4, -0.2) is 25.4 Å². The molecule has 0 radical (unpaired) electrons. The number of aryl methyl sites for hydroxylation is 2. The minimum Gasteiger partial charge on any atom is -0.497 e. The van der Waals surface area contributed by atoms with Crippen LogP contribution in [0.2, 0.25) is 0 Å². The highest BCUT2D eigenvalue weighted by atomic mass is 16.6. The number of hydrogen-bond acceptors (Lipinski definition) is 5. The fourth-order valence-corrected chi connectivity index (χ4v) is 5.15. The van der Waals surface area contributed by atoms with Gasteiger partial charge in [0, 0.05) is 5.56 Å². The lowest BCUT2D eigenvalue weighted by Crippen LogP contribution is -2.34.